The molecule has 0 saturated heterocycles. The molecule has 102 valence electrons. The van der Waals surface area contributed by atoms with Crippen molar-refractivity contribution >= 4 is 15.7 Å². The summed E-state index contributed by atoms with van der Waals surface area (Å²) in [5.74, 6) is -0.614. The third kappa shape index (κ3) is 4.27. The van der Waals surface area contributed by atoms with Crippen LogP contribution in [0.5, 0.6) is 0 Å². The number of hydrogen-bond acceptors (Lipinski definition) is 3. The van der Waals surface area contributed by atoms with Crippen LogP contribution in [-0.4, -0.2) is 15.0 Å². The van der Waals surface area contributed by atoms with Crippen LogP contribution in [-0.2, 0) is 10.0 Å². The van der Waals surface area contributed by atoms with E-state index in [2.05, 4.69) is 11.6 Å². The molecule has 3 N–H and O–H groups in total. The van der Waals surface area contributed by atoms with Crippen molar-refractivity contribution in [3.63, 3.8) is 0 Å². The molecule has 0 aliphatic heterocycles. The first-order valence-electron chi connectivity index (χ1n) is 6.02. The van der Waals surface area contributed by atoms with Crippen LogP contribution in [0.3, 0.4) is 0 Å². The van der Waals surface area contributed by atoms with E-state index in [1.807, 2.05) is 0 Å². The minimum absolute atomic E-state index is 0.00288. The lowest BCUT2D eigenvalue weighted by atomic mass is 10.2. The fraction of sp³-hybridized carbons (Fsp3) is 0.500. The van der Waals surface area contributed by atoms with Gasteiger partial charge in [0.05, 0.1) is 10.6 Å². The van der Waals surface area contributed by atoms with Gasteiger partial charge in [0.2, 0.25) is 10.0 Å². The molecule has 0 unspecified atom stereocenters. The smallest absolute Gasteiger partial charge is 0.240 e. The molecule has 0 bridgehead atoms. The lowest BCUT2D eigenvalue weighted by Gasteiger charge is -2.07. The number of anilines is 1. The molecule has 0 heterocycles. The molecule has 18 heavy (non-hydrogen) atoms. The summed E-state index contributed by atoms with van der Waals surface area (Å²) in [4.78, 5) is -0.00288. The van der Waals surface area contributed by atoms with Gasteiger partial charge in [-0.05, 0) is 24.6 Å². The maximum absolute atomic E-state index is 12.9. The van der Waals surface area contributed by atoms with Gasteiger partial charge in [-0.1, -0.05) is 26.2 Å². The lowest BCUT2D eigenvalue weighted by Crippen LogP contribution is -2.25. The van der Waals surface area contributed by atoms with Crippen molar-refractivity contribution in [3.8, 4) is 0 Å². The lowest BCUT2D eigenvalue weighted by molar-refractivity contribution is 0.573. The molecule has 4 nitrogen and oxygen atoms in total. The molecule has 0 aromatic heterocycles. The molecule has 0 aliphatic carbocycles. The summed E-state index contributed by atoms with van der Waals surface area (Å²) in [6, 6.07) is 3.39. The Bertz CT molecular complexity index is 489. The van der Waals surface area contributed by atoms with Crippen LogP contribution >= 0.6 is 0 Å². The maximum Gasteiger partial charge on any atom is 0.240 e. The molecule has 0 atom stereocenters. The first kappa shape index (κ1) is 14.9. The van der Waals surface area contributed by atoms with Gasteiger partial charge in [-0.2, -0.15) is 0 Å². The third-order valence-electron chi connectivity index (χ3n) is 2.60. The Hall–Kier alpha value is -1.14. The third-order valence-corrected chi connectivity index (χ3v) is 4.06. The van der Waals surface area contributed by atoms with Gasteiger partial charge in [0.25, 0.3) is 0 Å². The van der Waals surface area contributed by atoms with Crippen molar-refractivity contribution in [2.24, 2.45) is 0 Å². The predicted molar refractivity (Wildman–Crippen MR) is 70.1 cm³/mol. The summed E-state index contributed by atoms with van der Waals surface area (Å²) in [5, 5.41) is 0. The zero-order valence-corrected chi connectivity index (χ0v) is 11.3. The summed E-state index contributed by atoms with van der Waals surface area (Å²) in [6.07, 6.45) is 3.97. The molecular formula is C12H19FN2O2S. The number of rotatable bonds is 7. The fourth-order valence-electron chi connectivity index (χ4n) is 1.53. The largest absolute Gasteiger partial charge is 0.396 e. The van der Waals surface area contributed by atoms with Gasteiger partial charge in [-0.25, -0.2) is 17.5 Å². The Morgan fingerprint density at radius 3 is 2.61 bits per heavy atom. The number of sulfonamides is 1. The second-order valence-corrected chi connectivity index (χ2v) is 5.91. The highest BCUT2D eigenvalue weighted by Gasteiger charge is 2.14. The van der Waals surface area contributed by atoms with E-state index in [4.69, 9.17) is 5.73 Å². The van der Waals surface area contributed by atoms with E-state index in [0.717, 1.165) is 37.8 Å². The van der Waals surface area contributed by atoms with Gasteiger partial charge < -0.3 is 5.73 Å². The average Bonchev–Trinajstić information content (AvgIpc) is 2.32. The second-order valence-electron chi connectivity index (χ2n) is 4.14. The van der Waals surface area contributed by atoms with E-state index in [1.165, 1.54) is 6.07 Å². The van der Waals surface area contributed by atoms with Crippen LogP contribution in [0.1, 0.15) is 32.6 Å². The molecule has 0 radical (unpaired) electrons. The summed E-state index contributed by atoms with van der Waals surface area (Å²) < 4.78 is 39.1. The minimum atomic E-state index is -3.58. The molecule has 1 aromatic carbocycles. The quantitative estimate of drug-likeness (QED) is 0.592. The van der Waals surface area contributed by atoms with E-state index < -0.39 is 15.8 Å². The normalized spacial score (nSPS) is 11.7. The standard InChI is InChI=1S/C12H19FN2O2S/c1-2-3-4-5-8-15-18(16,17)10-6-7-11(13)12(14)9-10/h6-7,9,15H,2-5,8,14H2,1H3. The summed E-state index contributed by atoms with van der Waals surface area (Å²) in [7, 11) is -3.58. The van der Waals surface area contributed by atoms with Crippen molar-refractivity contribution in [3.05, 3.63) is 24.0 Å². The van der Waals surface area contributed by atoms with Crippen molar-refractivity contribution < 1.29 is 12.8 Å². The number of nitrogen functional groups attached to an aromatic ring is 1. The zero-order valence-electron chi connectivity index (χ0n) is 10.4. The van der Waals surface area contributed by atoms with Crippen molar-refractivity contribution in [2.75, 3.05) is 12.3 Å². The second kappa shape index (κ2) is 6.70. The highest BCUT2D eigenvalue weighted by atomic mass is 32.2. The van der Waals surface area contributed by atoms with Crippen LogP contribution in [0, 0.1) is 5.82 Å². The van der Waals surface area contributed by atoms with Crippen molar-refractivity contribution in [1.82, 2.24) is 4.72 Å². The Morgan fingerprint density at radius 2 is 2.00 bits per heavy atom. The van der Waals surface area contributed by atoms with Gasteiger partial charge in [0, 0.05) is 6.54 Å². The Kier molecular flexibility index (Phi) is 5.55. The molecule has 6 heteroatoms. The van der Waals surface area contributed by atoms with Gasteiger partial charge in [-0.15, -0.1) is 0 Å². The summed E-state index contributed by atoms with van der Waals surface area (Å²) >= 11 is 0. The van der Waals surface area contributed by atoms with E-state index in [1.54, 1.807) is 0 Å². The summed E-state index contributed by atoms with van der Waals surface area (Å²) in [6.45, 7) is 2.48. The Morgan fingerprint density at radius 1 is 1.28 bits per heavy atom. The number of unbranched alkanes of at least 4 members (excludes halogenated alkanes) is 3. The minimum Gasteiger partial charge on any atom is -0.396 e. The molecule has 0 saturated carbocycles. The van der Waals surface area contributed by atoms with Crippen molar-refractivity contribution in [2.45, 2.75) is 37.5 Å². The van der Waals surface area contributed by atoms with Gasteiger partial charge >= 0.3 is 0 Å². The molecule has 0 fully saturated rings. The Balaban J connectivity index is 2.60. The molecule has 1 rings (SSSR count). The number of halogens is 1. The number of nitrogens with two attached hydrogens (primary N) is 1. The average molecular weight is 274 g/mol. The van der Waals surface area contributed by atoms with Crippen molar-refractivity contribution in [1.29, 1.82) is 0 Å². The van der Waals surface area contributed by atoms with E-state index in [9.17, 15) is 12.8 Å². The van der Waals surface area contributed by atoms with Crippen LogP contribution < -0.4 is 10.5 Å². The molecule has 1 aromatic rings. The molecular weight excluding hydrogens is 255 g/mol. The fourth-order valence-corrected chi connectivity index (χ4v) is 2.64. The first-order chi connectivity index (χ1) is 8.47. The van der Waals surface area contributed by atoms with Crippen LogP contribution in [0.25, 0.3) is 0 Å². The van der Waals surface area contributed by atoms with Gasteiger partial charge in [0.15, 0.2) is 0 Å². The first-order valence-corrected chi connectivity index (χ1v) is 7.50. The number of benzene rings is 1. The predicted octanol–water partition coefficient (Wildman–Crippen LogP) is 2.27. The van der Waals surface area contributed by atoms with Gasteiger partial charge in [0.1, 0.15) is 5.82 Å². The molecule has 0 aliphatic rings. The van der Waals surface area contributed by atoms with Crippen LogP contribution in [0.15, 0.2) is 23.1 Å². The SMILES string of the molecule is CCCCCCNS(=O)(=O)c1ccc(F)c(N)c1. The topological polar surface area (TPSA) is 72.2 Å². The molecule has 0 spiro atoms. The highest BCUT2D eigenvalue weighted by Crippen LogP contribution is 2.16. The van der Waals surface area contributed by atoms with Crippen LogP contribution in [0.2, 0.25) is 0 Å². The molecule has 0 amide bonds. The monoisotopic (exact) mass is 274 g/mol. The Labute approximate surface area is 107 Å². The van der Waals surface area contributed by atoms with Crippen LogP contribution in [0.4, 0.5) is 10.1 Å². The number of hydrogen-bond donors (Lipinski definition) is 2. The number of nitrogens with one attached hydrogen (secondary N) is 1. The zero-order chi connectivity index (χ0) is 13.6. The summed E-state index contributed by atoms with van der Waals surface area (Å²) in [5.41, 5.74) is 5.18. The van der Waals surface area contributed by atoms with Gasteiger partial charge in [-0.3, -0.25) is 0 Å². The van der Waals surface area contributed by atoms with E-state index >= 15 is 0 Å². The van der Waals surface area contributed by atoms with E-state index in [0.29, 0.717) is 6.54 Å². The maximum atomic E-state index is 12.9. The highest BCUT2D eigenvalue weighted by molar-refractivity contribution is 7.89. The van der Waals surface area contributed by atoms with E-state index in [-0.39, 0.29) is 10.6 Å².